The van der Waals surface area contributed by atoms with Gasteiger partial charge in [-0.25, -0.2) is 12.8 Å². The molecule has 0 aliphatic rings. The molecular formula is C31H38FN3O5S. The normalized spacial score (nSPS) is 12.7. The molecule has 41 heavy (non-hydrogen) atoms. The molecule has 3 aromatic carbocycles. The number of amides is 2. The van der Waals surface area contributed by atoms with Crippen molar-refractivity contribution in [3.8, 4) is 5.75 Å². The van der Waals surface area contributed by atoms with Crippen LogP contribution in [0.15, 0.2) is 83.8 Å². The summed E-state index contributed by atoms with van der Waals surface area (Å²) in [6.07, 6.45) is 0.999. The van der Waals surface area contributed by atoms with Gasteiger partial charge in [-0.05, 0) is 80.8 Å². The fraction of sp³-hybridized carbons (Fsp3) is 0.355. The first-order chi connectivity index (χ1) is 19.6. The van der Waals surface area contributed by atoms with Crippen molar-refractivity contribution in [3.63, 3.8) is 0 Å². The Morgan fingerprint density at radius 3 is 2.10 bits per heavy atom. The SMILES string of the molecule is CCOc1ccc(N(CC(=O)N(Cc2ccc(F)cc2)[C@@H](CC)C(=O)N[C@@H](C)CC)S(=O)(=O)c2ccccc2)cc1. The number of rotatable bonds is 14. The third-order valence-corrected chi connectivity index (χ3v) is 8.49. The molecule has 0 bridgehead atoms. The van der Waals surface area contributed by atoms with Crippen LogP contribution in [0.3, 0.4) is 0 Å². The summed E-state index contributed by atoms with van der Waals surface area (Å²) in [5, 5.41) is 2.93. The smallest absolute Gasteiger partial charge is 0.264 e. The highest BCUT2D eigenvalue weighted by Crippen LogP contribution is 2.27. The fourth-order valence-corrected chi connectivity index (χ4v) is 5.71. The predicted octanol–water partition coefficient (Wildman–Crippen LogP) is 5.14. The van der Waals surface area contributed by atoms with Gasteiger partial charge in [-0.2, -0.15) is 0 Å². The summed E-state index contributed by atoms with van der Waals surface area (Å²) < 4.78 is 47.9. The second-order valence-corrected chi connectivity index (χ2v) is 11.5. The number of nitrogens with one attached hydrogen (secondary N) is 1. The van der Waals surface area contributed by atoms with E-state index in [0.717, 1.165) is 4.31 Å². The van der Waals surface area contributed by atoms with Gasteiger partial charge in [0.1, 0.15) is 24.2 Å². The molecule has 0 spiro atoms. The largest absolute Gasteiger partial charge is 0.494 e. The number of carbonyl (C=O) groups is 2. The van der Waals surface area contributed by atoms with E-state index in [9.17, 15) is 22.4 Å². The summed E-state index contributed by atoms with van der Waals surface area (Å²) in [4.78, 5) is 28.7. The zero-order chi connectivity index (χ0) is 30.0. The van der Waals surface area contributed by atoms with Crippen LogP contribution in [0.4, 0.5) is 10.1 Å². The quantitative estimate of drug-likeness (QED) is 0.284. The highest BCUT2D eigenvalue weighted by molar-refractivity contribution is 7.92. The summed E-state index contributed by atoms with van der Waals surface area (Å²) in [5.74, 6) is -0.779. The van der Waals surface area contributed by atoms with Crippen LogP contribution in [-0.2, 0) is 26.2 Å². The van der Waals surface area contributed by atoms with Crippen LogP contribution in [0.1, 0.15) is 46.1 Å². The molecule has 220 valence electrons. The second kappa shape index (κ2) is 14.6. The monoisotopic (exact) mass is 583 g/mol. The molecule has 0 aliphatic heterocycles. The standard InChI is InChI=1S/C31H38FN3O5S/c1-5-23(4)33-31(37)29(6-2)34(21-24-13-15-25(32)16-14-24)30(36)22-35(26-17-19-27(20-18-26)40-7-3)41(38,39)28-11-9-8-10-12-28/h8-20,23,29H,5-7,21-22H2,1-4H3,(H,33,37)/t23-,29-/m0/s1. The number of carbonyl (C=O) groups excluding carboxylic acids is 2. The molecule has 0 radical (unpaired) electrons. The molecule has 10 heteroatoms. The second-order valence-electron chi connectivity index (χ2n) is 9.64. The molecule has 0 saturated carbocycles. The van der Waals surface area contributed by atoms with Crippen LogP contribution in [0.25, 0.3) is 0 Å². The van der Waals surface area contributed by atoms with Crippen LogP contribution in [0, 0.1) is 5.82 Å². The molecule has 0 unspecified atom stereocenters. The third-order valence-electron chi connectivity index (χ3n) is 6.70. The van der Waals surface area contributed by atoms with Gasteiger partial charge < -0.3 is 15.0 Å². The number of sulfonamides is 1. The number of nitrogens with zero attached hydrogens (tertiary/aromatic N) is 2. The summed E-state index contributed by atoms with van der Waals surface area (Å²) in [6, 6.07) is 19.0. The Morgan fingerprint density at radius 1 is 0.902 bits per heavy atom. The highest BCUT2D eigenvalue weighted by Gasteiger charge is 2.34. The number of anilines is 1. The molecule has 2 amide bonds. The predicted molar refractivity (Wildman–Crippen MR) is 158 cm³/mol. The molecule has 3 aromatic rings. The van der Waals surface area contributed by atoms with Crippen LogP contribution in [0.2, 0.25) is 0 Å². The van der Waals surface area contributed by atoms with E-state index in [2.05, 4.69) is 5.32 Å². The molecule has 3 rings (SSSR count). The van der Waals surface area contributed by atoms with E-state index in [1.165, 1.54) is 29.2 Å². The Morgan fingerprint density at radius 2 is 1.54 bits per heavy atom. The van der Waals surface area contributed by atoms with E-state index in [1.54, 1.807) is 61.5 Å². The van der Waals surface area contributed by atoms with Gasteiger partial charge in [0.25, 0.3) is 10.0 Å². The number of benzene rings is 3. The van der Waals surface area contributed by atoms with Gasteiger partial charge in [0.15, 0.2) is 0 Å². The van der Waals surface area contributed by atoms with Gasteiger partial charge in [-0.1, -0.05) is 44.2 Å². The minimum atomic E-state index is -4.17. The molecule has 0 saturated heterocycles. The van der Waals surface area contributed by atoms with Crippen LogP contribution in [0.5, 0.6) is 5.75 Å². The van der Waals surface area contributed by atoms with Gasteiger partial charge >= 0.3 is 0 Å². The molecule has 8 nitrogen and oxygen atoms in total. The summed E-state index contributed by atoms with van der Waals surface area (Å²) in [6.45, 7) is 7.33. The Bertz CT molecular complexity index is 1380. The van der Waals surface area contributed by atoms with E-state index in [4.69, 9.17) is 4.74 Å². The molecule has 0 aliphatic carbocycles. The molecular weight excluding hydrogens is 545 g/mol. The molecule has 0 fully saturated rings. The van der Waals surface area contributed by atoms with Crippen molar-refractivity contribution in [2.24, 2.45) is 0 Å². The van der Waals surface area contributed by atoms with Crippen molar-refractivity contribution < 1.29 is 27.1 Å². The summed E-state index contributed by atoms with van der Waals surface area (Å²) in [5.41, 5.74) is 0.873. The summed E-state index contributed by atoms with van der Waals surface area (Å²) in [7, 11) is -4.17. The topological polar surface area (TPSA) is 96.0 Å². The lowest BCUT2D eigenvalue weighted by Crippen LogP contribution is -2.53. The number of hydrogen-bond donors (Lipinski definition) is 1. The zero-order valence-corrected chi connectivity index (χ0v) is 24.7. The molecule has 0 heterocycles. The van der Waals surface area contributed by atoms with Gasteiger partial charge in [0.05, 0.1) is 17.2 Å². The maximum absolute atomic E-state index is 14.0. The minimum absolute atomic E-state index is 0.00590. The van der Waals surface area contributed by atoms with E-state index in [1.807, 2.05) is 20.8 Å². The van der Waals surface area contributed by atoms with Gasteiger partial charge in [-0.3, -0.25) is 13.9 Å². The summed E-state index contributed by atoms with van der Waals surface area (Å²) >= 11 is 0. The maximum Gasteiger partial charge on any atom is 0.264 e. The number of ether oxygens (including phenoxy) is 1. The van der Waals surface area contributed by atoms with Crippen LogP contribution >= 0.6 is 0 Å². The first-order valence-corrected chi connectivity index (χ1v) is 15.2. The van der Waals surface area contributed by atoms with Gasteiger partial charge in [0.2, 0.25) is 11.8 Å². The Balaban J connectivity index is 2.04. The molecule has 0 aromatic heterocycles. The lowest BCUT2D eigenvalue weighted by atomic mass is 10.1. The van der Waals surface area contributed by atoms with Crippen LogP contribution in [-0.4, -0.2) is 50.4 Å². The molecule has 1 N–H and O–H groups in total. The van der Waals surface area contributed by atoms with Crippen molar-refractivity contribution in [1.82, 2.24) is 10.2 Å². The number of halogens is 1. The van der Waals surface area contributed by atoms with Crippen molar-refractivity contribution in [3.05, 3.63) is 90.2 Å². The average molecular weight is 584 g/mol. The van der Waals surface area contributed by atoms with E-state index >= 15 is 0 Å². The van der Waals surface area contributed by atoms with Crippen molar-refractivity contribution >= 4 is 27.5 Å². The Labute approximate surface area is 242 Å². The highest BCUT2D eigenvalue weighted by atomic mass is 32.2. The lowest BCUT2D eigenvalue weighted by Gasteiger charge is -2.33. The maximum atomic E-state index is 14.0. The Kier molecular flexibility index (Phi) is 11.3. The zero-order valence-electron chi connectivity index (χ0n) is 23.9. The Hall–Kier alpha value is -3.92. The van der Waals surface area contributed by atoms with Gasteiger partial charge in [-0.15, -0.1) is 0 Å². The average Bonchev–Trinajstić information content (AvgIpc) is 2.97. The fourth-order valence-electron chi connectivity index (χ4n) is 4.27. The van der Waals surface area contributed by atoms with E-state index < -0.39 is 34.3 Å². The van der Waals surface area contributed by atoms with Crippen molar-refractivity contribution in [2.75, 3.05) is 17.5 Å². The van der Waals surface area contributed by atoms with Crippen molar-refractivity contribution in [2.45, 2.75) is 64.1 Å². The van der Waals surface area contributed by atoms with E-state index in [0.29, 0.717) is 30.8 Å². The lowest BCUT2D eigenvalue weighted by molar-refractivity contribution is -0.140. The molecule has 2 atom stereocenters. The van der Waals surface area contributed by atoms with E-state index in [-0.39, 0.29) is 29.1 Å². The van der Waals surface area contributed by atoms with Crippen LogP contribution < -0.4 is 14.4 Å². The van der Waals surface area contributed by atoms with Gasteiger partial charge in [0, 0.05) is 12.6 Å². The first-order valence-electron chi connectivity index (χ1n) is 13.8. The third kappa shape index (κ3) is 8.29. The first kappa shape index (κ1) is 31.6. The minimum Gasteiger partial charge on any atom is -0.494 e. The number of hydrogen-bond acceptors (Lipinski definition) is 5. The van der Waals surface area contributed by atoms with Crippen molar-refractivity contribution in [1.29, 1.82) is 0 Å².